The molecule has 3 heterocycles. The number of carbonyl (C=O) groups excluding carboxylic acids is 1. The molecule has 1 aromatic heterocycles. The monoisotopic (exact) mass is 496 g/mol. The molecule has 0 saturated carbocycles. The molecule has 0 bridgehead atoms. The number of hydrogen-bond donors (Lipinski definition) is 4. The maximum Gasteiger partial charge on any atom is 0.343 e. The van der Waals surface area contributed by atoms with Crippen LogP contribution in [0.25, 0.3) is 0 Å². The SMILES string of the molecule is Cc1[nH]c(C(=O)NC2CCN(C3(C)NC=C(C(=O)O)S3)CC2S(C)(=O)=O)c(Cl)c1Cl. The first kappa shape index (κ1) is 23.3. The minimum absolute atomic E-state index is 0.0872. The number of aryl methyl sites for hydroxylation is 1. The van der Waals surface area contributed by atoms with Crippen molar-refractivity contribution in [2.24, 2.45) is 0 Å². The van der Waals surface area contributed by atoms with E-state index in [2.05, 4.69) is 15.6 Å². The van der Waals surface area contributed by atoms with E-state index in [0.717, 1.165) is 18.0 Å². The van der Waals surface area contributed by atoms with Gasteiger partial charge >= 0.3 is 5.97 Å². The van der Waals surface area contributed by atoms with Gasteiger partial charge in [0.15, 0.2) is 9.84 Å². The molecule has 13 heteroatoms. The number of hydrogen-bond acceptors (Lipinski definition) is 7. The van der Waals surface area contributed by atoms with Gasteiger partial charge in [-0.25, -0.2) is 13.2 Å². The van der Waals surface area contributed by atoms with Crippen LogP contribution in [-0.2, 0) is 14.6 Å². The normalized spacial score (nSPS) is 27.4. The van der Waals surface area contributed by atoms with E-state index >= 15 is 0 Å². The molecular formula is C17H22Cl2N4O5S2. The summed E-state index contributed by atoms with van der Waals surface area (Å²) in [5.41, 5.74) is 0.629. The third-order valence-corrected chi connectivity index (χ3v) is 9.11. The lowest BCUT2D eigenvalue weighted by atomic mass is 10.0. The third-order valence-electron chi connectivity index (χ3n) is 5.30. The Labute approximate surface area is 188 Å². The fourth-order valence-corrected chi connectivity index (χ4v) is 6.32. The minimum Gasteiger partial charge on any atom is -0.477 e. The number of halogens is 2. The second-order valence-electron chi connectivity index (χ2n) is 7.48. The lowest BCUT2D eigenvalue weighted by molar-refractivity contribution is -0.131. The quantitative estimate of drug-likeness (QED) is 0.484. The molecule has 1 amide bonds. The smallest absolute Gasteiger partial charge is 0.343 e. The fourth-order valence-electron chi connectivity index (χ4n) is 3.61. The first-order valence-electron chi connectivity index (χ1n) is 9.02. The number of carboxylic acid groups (broad SMARTS) is 1. The predicted molar refractivity (Wildman–Crippen MR) is 116 cm³/mol. The Morgan fingerprint density at radius 3 is 2.53 bits per heavy atom. The van der Waals surface area contributed by atoms with Gasteiger partial charge in [0, 0.05) is 37.3 Å². The number of aliphatic carboxylic acids is 1. The summed E-state index contributed by atoms with van der Waals surface area (Å²) in [6.45, 7) is 4.05. The van der Waals surface area contributed by atoms with Gasteiger partial charge < -0.3 is 20.7 Å². The number of aromatic nitrogens is 1. The van der Waals surface area contributed by atoms with E-state index in [0.29, 0.717) is 18.7 Å². The molecule has 3 unspecified atom stereocenters. The Bertz CT molecular complexity index is 1030. The number of sulfone groups is 1. The topological polar surface area (TPSA) is 132 Å². The van der Waals surface area contributed by atoms with Crippen LogP contribution in [0, 0.1) is 6.92 Å². The van der Waals surface area contributed by atoms with Gasteiger partial charge in [0.05, 0.1) is 15.3 Å². The second-order valence-corrected chi connectivity index (χ2v) is 11.9. The number of carbonyl (C=O) groups is 2. The molecule has 1 aromatic rings. The van der Waals surface area contributed by atoms with Crippen molar-refractivity contribution in [1.82, 2.24) is 20.5 Å². The van der Waals surface area contributed by atoms with Gasteiger partial charge in [0.1, 0.15) is 15.6 Å². The van der Waals surface area contributed by atoms with Gasteiger partial charge in [-0.3, -0.25) is 9.69 Å². The van der Waals surface area contributed by atoms with Crippen molar-refractivity contribution in [3.05, 3.63) is 32.5 Å². The number of carboxylic acids is 1. The van der Waals surface area contributed by atoms with Crippen molar-refractivity contribution >= 4 is 56.7 Å². The maximum atomic E-state index is 12.7. The van der Waals surface area contributed by atoms with E-state index in [1.807, 2.05) is 4.90 Å². The van der Waals surface area contributed by atoms with Crippen LogP contribution >= 0.6 is 35.0 Å². The average Bonchev–Trinajstić information content (AvgIpc) is 3.18. The first-order chi connectivity index (χ1) is 13.8. The largest absolute Gasteiger partial charge is 0.477 e. The van der Waals surface area contributed by atoms with Crippen molar-refractivity contribution in [3.8, 4) is 0 Å². The Morgan fingerprint density at radius 1 is 1.37 bits per heavy atom. The molecule has 30 heavy (non-hydrogen) atoms. The Kier molecular flexibility index (Phi) is 6.41. The van der Waals surface area contributed by atoms with Gasteiger partial charge in [-0.05, 0) is 20.3 Å². The van der Waals surface area contributed by atoms with E-state index in [1.54, 1.807) is 13.8 Å². The molecule has 0 spiro atoms. The van der Waals surface area contributed by atoms with E-state index in [1.165, 1.54) is 6.20 Å². The summed E-state index contributed by atoms with van der Waals surface area (Å²) in [4.78, 5) is 28.0. The molecule has 0 radical (unpaired) electrons. The zero-order valence-corrected chi connectivity index (χ0v) is 19.6. The minimum atomic E-state index is -3.53. The number of nitrogens with zero attached hydrogens (tertiary/aromatic N) is 1. The molecule has 166 valence electrons. The number of likely N-dealkylation sites (tertiary alicyclic amines) is 1. The first-order valence-corrected chi connectivity index (χ1v) is 12.5. The molecule has 4 N–H and O–H groups in total. The lowest BCUT2D eigenvalue weighted by Gasteiger charge is -2.45. The van der Waals surface area contributed by atoms with E-state index in [4.69, 9.17) is 23.2 Å². The zero-order chi connectivity index (χ0) is 22.4. The molecule has 0 aliphatic carbocycles. The summed E-state index contributed by atoms with van der Waals surface area (Å²) in [6.07, 6.45) is 2.89. The number of nitrogens with one attached hydrogen (secondary N) is 3. The number of amides is 1. The number of aromatic amines is 1. The molecule has 1 fully saturated rings. The van der Waals surface area contributed by atoms with Crippen molar-refractivity contribution in [2.75, 3.05) is 19.3 Å². The molecule has 0 aromatic carbocycles. The number of piperidine rings is 1. The summed E-state index contributed by atoms with van der Waals surface area (Å²) in [6, 6.07) is -0.635. The highest BCUT2D eigenvalue weighted by Crippen LogP contribution is 2.39. The fraction of sp³-hybridized carbons (Fsp3) is 0.529. The molecule has 2 aliphatic rings. The second kappa shape index (κ2) is 8.27. The molecular weight excluding hydrogens is 475 g/mol. The van der Waals surface area contributed by atoms with Crippen LogP contribution in [-0.4, -0.2) is 70.9 Å². The van der Waals surface area contributed by atoms with E-state index in [-0.39, 0.29) is 27.2 Å². The number of rotatable bonds is 5. The van der Waals surface area contributed by atoms with E-state index in [9.17, 15) is 23.1 Å². The summed E-state index contributed by atoms with van der Waals surface area (Å²) in [7, 11) is -3.53. The van der Waals surface area contributed by atoms with Crippen LogP contribution in [0.15, 0.2) is 11.1 Å². The molecule has 3 atom stereocenters. The third kappa shape index (κ3) is 4.45. The number of H-pyrrole nitrogens is 1. The van der Waals surface area contributed by atoms with Crippen LogP contribution < -0.4 is 10.6 Å². The maximum absolute atomic E-state index is 12.7. The highest BCUT2D eigenvalue weighted by atomic mass is 35.5. The average molecular weight is 497 g/mol. The van der Waals surface area contributed by atoms with Crippen LogP contribution in [0.5, 0.6) is 0 Å². The van der Waals surface area contributed by atoms with Gasteiger partial charge in [-0.15, -0.1) is 0 Å². The van der Waals surface area contributed by atoms with E-state index < -0.39 is 38.0 Å². The number of thioether (sulfide) groups is 1. The zero-order valence-electron chi connectivity index (χ0n) is 16.5. The van der Waals surface area contributed by atoms with Crippen LogP contribution in [0.3, 0.4) is 0 Å². The van der Waals surface area contributed by atoms with Crippen LogP contribution in [0.2, 0.25) is 10.0 Å². The summed E-state index contributed by atoms with van der Waals surface area (Å²) in [5, 5.41) is 14.5. The molecule has 9 nitrogen and oxygen atoms in total. The molecule has 2 aliphatic heterocycles. The molecule has 3 rings (SSSR count). The van der Waals surface area contributed by atoms with Gasteiger partial charge in [-0.1, -0.05) is 35.0 Å². The Morgan fingerprint density at radius 2 is 2.03 bits per heavy atom. The summed E-state index contributed by atoms with van der Waals surface area (Å²) in [5.74, 6) is -1.58. The Hall–Kier alpha value is -1.40. The predicted octanol–water partition coefficient (Wildman–Crippen LogP) is 1.78. The van der Waals surface area contributed by atoms with Gasteiger partial charge in [-0.2, -0.15) is 0 Å². The van der Waals surface area contributed by atoms with Crippen LogP contribution in [0.4, 0.5) is 0 Å². The van der Waals surface area contributed by atoms with Crippen molar-refractivity contribution in [2.45, 2.75) is 36.6 Å². The molecule has 1 saturated heterocycles. The summed E-state index contributed by atoms with van der Waals surface area (Å²) >= 11 is 13.2. The van der Waals surface area contributed by atoms with Gasteiger partial charge in [0.2, 0.25) is 0 Å². The van der Waals surface area contributed by atoms with Crippen LogP contribution in [0.1, 0.15) is 29.5 Å². The van der Waals surface area contributed by atoms with Crippen molar-refractivity contribution in [3.63, 3.8) is 0 Å². The van der Waals surface area contributed by atoms with Crippen molar-refractivity contribution < 1.29 is 23.1 Å². The lowest BCUT2D eigenvalue weighted by Crippen LogP contribution is -2.62. The van der Waals surface area contributed by atoms with Gasteiger partial charge in [0.25, 0.3) is 5.91 Å². The standard InChI is InChI=1S/C17H22Cl2N4O5S2/c1-8-12(18)13(19)14(21-8)15(24)22-9-4-5-23(7-11(9)30(3,27)28)17(2)20-6-10(29-17)16(25)26/h6,9,11,20-21H,4-5,7H2,1-3H3,(H,22,24)(H,25,26). The highest BCUT2D eigenvalue weighted by molar-refractivity contribution is 8.05. The summed E-state index contributed by atoms with van der Waals surface area (Å²) < 4.78 is 25.0. The highest BCUT2D eigenvalue weighted by Gasteiger charge is 2.45. The van der Waals surface area contributed by atoms with Crippen molar-refractivity contribution in [1.29, 1.82) is 0 Å². The Balaban J connectivity index is 1.77.